The molecule has 0 N–H and O–H groups in total. The summed E-state index contributed by atoms with van der Waals surface area (Å²) in [5.74, 6) is 2.13. The van der Waals surface area contributed by atoms with Crippen molar-refractivity contribution in [2.75, 3.05) is 11.4 Å². The van der Waals surface area contributed by atoms with Crippen LogP contribution in [0, 0.1) is 5.92 Å². The van der Waals surface area contributed by atoms with Crippen LogP contribution in [0.5, 0.6) is 0 Å². The van der Waals surface area contributed by atoms with E-state index in [1.54, 1.807) is 0 Å². The Balaban J connectivity index is 1.82. The number of fused-ring (bicyclic) bond motifs is 1. The molecule has 1 aromatic rings. The Labute approximate surface area is 91.3 Å². The van der Waals surface area contributed by atoms with Crippen LogP contribution >= 0.6 is 0 Å². The molecule has 0 amide bonds. The molecular formula is C13H18N2. The van der Waals surface area contributed by atoms with Crippen molar-refractivity contribution < 1.29 is 0 Å². The number of pyridine rings is 1. The quantitative estimate of drug-likeness (QED) is 0.696. The first-order valence-electron chi connectivity index (χ1n) is 6.13. The van der Waals surface area contributed by atoms with Crippen molar-refractivity contribution in [3.05, 3.63) is 24.4 Å². The maximum absolute atomic E-state index is 4.48. The minimum Gasteiger partial charge on any atom is -0.353 e. The molecule has 2 aliphatic rings. The highest BCUT2D eigenvalue weighted by Gasteiger charge is 2.35. The zero-order chi connectivity index (χ0) is 10.1. The van der Waals surface area contributed by atoms with E-state index in [4.69, 9.17) is 0 Å². The van der Waals surface area contributed by atoms with Crippen LogP contribution in [-0.2, 0) is 0 Å². The van der Waals surface area contributed by atoms with Crippen LogP contribution in [0.2, 0.25) is 0 Å². The van der Waals surface area contributed by atoms with Crippen molar-refractivity contribution in [1.82, 2.24) is 4.98 Å². The molecule has 2 heterocycles. The molecule has 2 atom stereocenters. The van der Waals surface area contributed by atoms with Crippen LogP contribution < -0.4 is 4.90 Å². The van der Waals surface area contributed by atoms with E-state index in [1.807, 2.05) is 12.3 Å². The Morgan fingerprint density at radius 1 is 1.13 bits per heavy atom. The topological polar surface area (TPSA) is 16.1 Å². The summed E-state index contributed by atoms with van der Waals surface area (Å²) in [5, 5.41) is 0. The Hall–Kier alpha value is -1.05. The number of anilines is 1. The van der Waals surface area contributed by atoms with Gasteiger partial charge in [0.2, 0.25) is 0 Å². The van der Waals surface area contributed by atoms with Gasteiger partial charge in [-0.2, -0.15) is 0 Å². The predicted octanol–water partition coefficient (Wildman–Crippen LogP) is 2.85. The fourth-order valence-electron chi connectivity index (χ4n) is 3.21. The van der Waals surface area contributed by atoms with Gasteiger partial charge in [0.1, 0.15) is 5.82 Å². The highest BCUT2D eigenvalue weighted by molar-refractivity contribution is 5.41. The zero-order valence-corrected chi connectivity index (χ0v) is 9.10. The second-order valence-corrected chi connectivity index (χ2v) is 4.78. The van der Waals surface area contributed by atoms with Gasteiger partial charge >= 0.3 is 0 Å². The van der Waals surface area contributed by atoms with Gasteiger partial charge in [-0.25, -0.2) is 4.98 Å². The lowest BCUT2D eigenvalue weighted by molar-refractivity contribution is 0.341. The van der Waals surface area contributed by atoms with Crippen LogP contribution in [0.3, 0.4) is 0 Å². The van der Waals surface area contributed by atoms with Crippen molar-refractivity contribution >= 4 is 5.82 Å². The Bertz CT molecular complexity index is 323. The second kappa shape index (κ2) is 3.84. The van der Waals surface area contributed by atoms with Crippen molar-refractivity contribution in [3.63, 3.8) is 0 Å². The van der Waals surface area contributed by atoms with Crippen molar-refractivity contribution in [3.8, 4) is 0 Å². The van der Waals surface area contributed by atoms with E-state index in [9.17, 15) is 0 Å². The maximum Gasteiger partial charge on any atom is 0.128 e. The van der Waals surface area contributed by atoms with Gasteiger partial charge in [0.15, 0.2) is 0 Å². The molecule has 2 fully saturated rings. The van der Waals surface area contributed by atoms with Crippen molar-refractivity contribution in [1.29, 1.82) is 0 Å². The molecule has 1 saturated carbocycles. The molecule has 2 heteroatoms. The summed E-state index contributed by atoms with van der Waals surface area (Å²) < 4.78 is 0. The SMILES string of the molecule is c1ccc(N2CCC3CCCCC32)nc1. The summed E-state index contributed by atoms with van der Waals surface area (Å²) in [6, 6.07) is 7.03. The number of hydrogen-bond acceptors (Lipinski definition) is 2. The van der Waals surface area contributed by atoms with Crippen LogP contribution in [0.15, 0.2) is 24.4 Å². The summed E-state index contributed by atoms with van der Waals surface area (Å²) in [5.41, 5.74) is 0. The number of nitrogens with zero attached hydrogens (tertiary/aromatic N) is 2. The second-order valence-electron chi connectivity index (χ2n) is 4.78. The maximum atomic E-state index is 4.48. The van der Waals surface area contributed by atoms with Crippen molar-refractivity contribution in [2.24, 2.45) is 5.92 Å². The third-order valence-corrected chi connectivity index (χ3v) is 3.95. The summed E-state index contributed by atoms with van der Waals surface area (Å²) in [4.78, 5) is 7.01. The summed E-state index contributed by atoms with van der Waals surface area (Å²) >= 11 is 0. The smallest absolute Gasteiger partial charge is 0.128 e. The highest BCUT2D eigenvalue weighted by Crippen LogP contribution is 2.37. The van der Waals surface area contributed by atoms with E-state index in [-0.39, 0.29) is 0 Å². The zero-order valence-electron chi connectivity index (χ0n) is 9.10. The summed E-state index contributed by atoms with van der Waals surface area (Å²) in [7, 11) is 0. The molecule has 1 saturated heterocycles. The fraction of sp³-hybridized carbons (Fsp3) is 0.615. The van der Waals surface area contributed by atoms with Gasteiger partial charge in [-0.3, -0.25) is 0 Å². The van der Waals surface area contributed by atoms with Gasteiger partial charge in [0.25, 0.3) is 0 Å². The standard InChI is InChI=1S/C13H18N2/c1-2-6-12-11(5-1)8-10-15(12)13-7-3-4-9-14-13/h3-4,7,9,11-12H,1-2,5-6,8,10H2. The lowest BCUT2D eigenvalue weighted by atomic mass is 9.85. The van der Waals surface area contributed by atoms with Crippen LogP contribution in [0.1, 0.15) is 32.1 Å². The van der Waals surface area contributed by atoms with Crippen LogP contribution in [-0.4, -0.2) is 17.6 Å². The van der Waals surface area contributed by atoms with E-state index < -0.39 is 0 Å². The Morgan fingerprint density at radius 2 is 2.07 bits per heavy atom. The third kappa shape index (κ3) is 1.62. The van der Waals surface area contributed by atoms with E-state index in [0.717, 1.165) is 12.0 Å². The fourth-order valence-corrected chi connectivity index (χ4v) is 3.21. The summed E-state index contributed by atoms with van der Waals surface area (Å²) in [6.45, 7) is 1.21. The third-order valence-electron chi connectivity index (χ3n) is 3.95. The first-order chi connectivity index (χ1) is 7.45. The minimum atomic E-state index is 0.786. The Kier molecular flexibility index (Phi) is 2.35. The van der Waals surface area contributed by atoms with E-state index >= 15 is 0 Å². The molecule has 15 heavy (non-hydrogen) atoms. The molecule has 0 spiro atoms. The lowest BCUT2D eigenvalue weighted by Crippen LogP contribution is -2.35. The Morgan fingerprint density at radius 3 is 2.93 bits per heavy atom. The molecule has 1 aliphatic heterocycles. The number of hydrogen-bond donors (Lipinski definition) is 0. The monoisotopic (exact) mass is 202 g/mol. The molecule has 3 rings (SSSR count). The normalized spacial score (nSPS) is 30.3. The molecule has 0 bridgehead atoms. The number of rotatable bonds is 1. The predicted molar refractivity (Wildman–Crippen MR) is 61.9 cm³/mol. The van der Waals surface area contributed by atoms with E-state index in [2.05, 4.69) is 22.0 Å². The largest absolute Gasteiger partial charge is 0.353 e. The molecule has 2 nitrogen and oxygen atoms in total. The highest BCUT2D eigenvalue weighted by atomic mass is 15.2. The van der Waals surface area contributed by atoms with Gasteiger partial charge in [-0.15, -0.1) is 0 Å². The number of aromatic nitrogens is 1. The van der Waals surface area contributed by atoms with Gasteiger partial charge in [0, 0.05) is 18.8 Å². The molecule has 80 valence electrons. The van der Waals surface area contributed by atoms with Gasteiger partial charge in [0.05, 0.1) is 0 Å². The van der Waals surface area contributed by atoms with E-state index in [0.29, 0.717) is 0 Å². The molecule has 1 aliphatic carbocycles. The summed E-state index contributed by atoms with van der Waals surface area (Å²) in [6.07, 6.45) is 8.95. The lowest BCUT2D eigenvalue weighted by Gasteiger charge is -2.32. The van der Waals surface area contributed by atoms with Crippen LogP contribution in [0.4, 0.5) is 5.82 Å². The average molecular weight is 202 g/mol. The first-order valence-corrected chi connectivity index (χ1v) is 6.13. The van der Waals surface area contributed by atoms with Gasteiger partial charge < -0.3 is 4.90 Å². The molecular weight excluding hydrogens is 184 g/mol. The van der Waals surface area contributed by atoms with Gasteiger partial charge in [-0.1, -0.05) is 18.9 Å². The van der Waals surface area contributed by atoms with Crippen LogP contribution in [0.25, 0.3) is 0 Å². The molecule has 2 unspecified atom stereocenters. The molecule has 0 radical (unpaired) electrons. The minimum absolute atomic E-state index is 0.786. The molecule has 0 aromatic carbocycles. The average Bonchev–Trinajstić information content (AvgIpc) is 2.74. The molecule has 1 aromatic heterocycles. The van der Waals surface area contributed by atoms with Gasteiger partial charge in [-0.05, 0) is 37.3 Å². The van der Waals surface area contributed by atoms with Crippen molar-refractivity contribution in [2.45, 2.75) is 38.1 Å². The first kappa shape index (κ1) is 9.20. The van der Waals surface area contributed by atoms with E-state index in [1.165, 1.54) is 44.5 Å².